The van der Waals surface area contributed by atoms with Crippen LogP contribution in [0.4, 0.5) is 20.2 Å². The summed E-state index contributed by atoms with van der Waals surface area (Å²) in [6, 6.07) is 45.5. The molecule has 2 saturated heterocycles. The summed E-state index contributed by atoms with van der Waals surface area (Å²) in [5.41, 5.74) is 8.22. The minimum absolute atomic E-state index is 0.0244. The lowest BCUT2D eigenvalue weighted by molar-refractivity contribution is -0.150. The highest BCUT2D eigenvalue weighted by Gasteiger charge is 2.25. The molecular weight excluding hydrogens is 1500 g/mol. The molecule has 6 aromatic rings. The van der Waals surface area contributed by atoms with Gasteiger partial charge < -0.3 is 58.3 Å². The van der Waals surface area contributed by atoms with Crippen molar-refractivity contribution in [2.24, 2.45) is 21.8 Å². The average Bonchev–Trinajstić information content (AvgIpc) is 0.964. The van der Waals surface area contributed by atoms with Crippen LogP contribution in [0.1, 0.15) is 258 Å². The van der Waals surface area contributed by atoms with E-state index in [-0.39, 0.29) is 47.5 Å². The van der Waals surface area contributed by atoms with Gasteiger partial charge in [0.15, 0.2) is 0 Å². The lowest BCUT2D eigenvalue weighted by Crippen LogP contribution is -2.39. The number of piperidine rings is 1. The van der Waals surface area contributed by atoms with Crippen LogP contribution in [0.15, 0.2) is 162 Å². The Hall–Kier alpha value is -7.08. The fraction of sp³-hybridized carbons (Fsp3) is 0.612. The summed E-state index contributed by atoms with van der Waals surface area (Å²) in [5.74, 6) is 5.04. The third-order valence-corrected chi connectivity index (χ3v) is 20.5. The number of ether oxygens (including phenoxy) is 8. The molecule has 2 N–H and O–H groups in total. The molecule has 1 atom stereocenters. The van der Waals surface area contributed by atoms with Crippen molar-refractivity contribution in [1.29, 1.82) is 0 Å². The highest BCUT2D eigenvalue weighted by molar-refractivity contribution is 5.56. The highest BCUT2D eigenvalue weighted by atomic mass is 19.1. The number of para-hydroxylation sites is 3. The van der Waals surface area contributed by atoms with Gasteiger partial charge in [-0.15, -0.1) is 6.42 Å². The van der Waals surface area contributed by atoms with Gasteiger partial charge in [0.05, 0.1) is 66.2 Å². The maximum atomic E-state index is 12.9. The van der Waals surface area contributed by atoms with Crippen LogP contribution in [0, 0.1) is 35.8 Å². The zero-order chi connectivity index (χ0) is 88.6. The number of nitrogens with zero attached hydrogens (tertiary/aromatic N) is 5. The first kappa shape index (κ1) is 105. The van der Waals surface area contributed by atoms with E-state index in [1.54, 1.807) is 0 Å². The Morgan fingerprint density at radius 1 is 0.600 bits per heavy atom. The number of halogens is 2. The van der Waals surface area contributed by atoms with Gasteiger partial charge in [0.2, 0.25) is 6.29 Å². The molecule has 0 bridgehead atoms. The molecule has 3 fully saturated rings. The first-order valence-electron chi connectivity index (χ1n) is 45.0. The Kier molecular flexibility index (Phi) is 50.3. The van der Waals surface area contributed by atoms with Gasteiger partial charge in [0, 0.05) is 72.3 Å². The molecule has 670 valence electrons. The Morgan fingerprint density at radius 2 is 1.19 bits per heavy atom. The standard InChI is InChI=1S/C13H21N.C12H17N.C12H16O3.C12H14O.C11H23NO.C10H12N2O.C9H11F2N.C8H17N.C8H16O.C8H14O/c1-13(2,3)14(4)11-10-12-8-6-5-7-9-12;1-10(2)13-9-5-7-11-6-3-4-8-12(11)13;1-9(2)13-8-12-14-7-10-5-3-4-6-11(10)15-12;1-4-11-5-7-12(8-6-11)9-13-10(2)3;1-11(2,3)13-9-6-10-4-7-12-8-5-10;1-7(2)13-8-3-4-9-10(5-8)12-6-11-9;1-6(2)12-9-7(10)4-3-5-8(9)11;1-8(2,3)9-6-4-5-7-9;1-7(2)9-6-8-4-3-5-8;1-7(2)9-8-5-3-4-6-8/h5-9H,10-11H2,1-4H3;3-4,6,8,10H,5,7,9H2,1-2H3;3-6,9,12H,7-8H2,1-2H3;1,5-8,10H,9H2,2-3H3;10,12H,4-9H2,1-3H3;3-5,7H,6H2,1-2H3;3-6,12H,1-2H3;4-7H2,1-3H3;7-8H,3-6H2,1-2H3;3-4,7-8H,5-6H2,1-2H3. The molecule has 5 heterocycles. The highest BCUT2D eigenvalue weighted by Crippen LogP contribution is 2.30. The summed E-state index contributed by atoms with van der Waals surface area (Å²) in [6.45, 7) is 60.1. The lowest BCUT2D eigenvalue weighted by Gasteiger charge is -2.34. The van der Waals surface area contributed by atoms with E-state index in [9.17, 15) is 8.78 Å². The number of benzene rings is 6. The van der Waals surface area contributed by atoms with E-state index >= 15 is 0 Å². The number of rotatable bonds is 22. The van der Waals surface area contributed by atoms with Crippen LogP contribution in [0.25, 0.3) is 0 Å². The fourth-order valence-electron chi connectivity index (χ4n) is 13.2. The van der Waals surface area contributed by atoms with Crippen molar-refractivity contribution in [3.8, 4) is 23.8 Å². The Balaban J connectivity index is 0.000000281. The first-order valence-corrected chi connectivity index (χ1v) is 45.0. The van der Waals surface area contributed by atoms with Gasteiger partial charge in [-0.25, -0.2) is 8.78 Å². The molecule has 2 aliphatic carbocycles. The number of hydrogen-bond donors (Lipinski definition) is 2. The molecule has 0 spiro atoms. The van der Waals surface area contributed by atoms with Gasteiger partial charge in [-0.2, -0.15) is 0 Å². The van der Waals surface area contributed by atoms with E-state index in [0.717, 1.165) is 89.8 Å². The quantitative estimate of drug-likeness (QED) is 0.0494. The van der Waals surface area contributed by atoms with Crippen LogP contribution in [0.5, 0.6) is 11.5 Å². The van der Waals surface area contributed by atoms with E-state index in [0.29, 0.717) is 56.4 Å². The molecule has 13 rings (SSSR count). The third-order valence-electron chi connectivity index (χ3n) is 20.5. The number of likely N-dealkylation sites (N-methyl/N-ethyl adjacent to an activating group) is 1. The summed E-state index contributed by atoms with van der Waals surface area (Å²) in [6.07, 6.45) is 28.1. The van der Waals surface area contributed by atoms with Crippen LogP contribution in [0.2, 0.25) is 0 Å². The normalized spacial score (nSPS) is 16.2. The Morgan fingerprint density at radius 3 is 1.73 bits per heavy atom. The Labute approximate surface area is 727 Å². The molecule has 0 amide bonds. The van der Waals surface area contributed by atoms with Crippen LogP contribution in [0.3, 0.4) is 0 Å². The number of terminal acetylenes is 1. The number of aryl methyl sites for hydroxylation is 1. The van der Waals surface area contributed by atoms with E-state index in [1.807, 2.05) is 122 Å². The Bertz CT molecular complexity index is 3860. The van der Waals surface area contributed by atoms with Crippen molar-refractivity contribution < 1.29 is 46.7 Å². The molecule has 120 heavy (non-hydrogen) atoms. The van der Waals surface area contributed by atoms with Crippen molar-refractivity contribution in [3.05, 3.63) is 202 Å². The van der Waals surface area contributed by atoms with Crippen molar-refractivity contribution in [2.75, 3.05) is 83.0 Å². The topological polar surface area (TPSA) is 132 Å². The molecule has 1 saturated carbocycles. The minimum atomic E-state index is -0.552. The molecule has 7 aliphatic rings. The number of nitrogens with one attached hydrogen (secondary N) is 2. The second kappa shape index (κ2) is 57.4. The zero-order valence-corrected chi connectivity index (χ0v) is 78.8. The van der Waals surface area contributed by atoms with Gasteiger partial charge in [0.1, 0.15) is 42.1 Å². The predicted molar refractivity (Wildman–Crippen MR) is 499 cm³/mol. The molecule has 17 heteroatoms. The van der Waals surface area contributed by atoms with Crippen LogP contribution >= 0.6 is 0 Å². The molecule has 15 nitrogen and oxygen atoms in total. The maximum Gasteiger partial charge on any atom is 0.223 e. The monoisotopic (exact) mass is 1660 g/mol. The molecule has 5 aliphatic heterocycles. The summed E-state index contributed by atoms with van der Waals surface area (Å²) in [7, 11) is 2.18. The molecule has 0 radical (unpaired) electrons. The molecule has 6 aromatic carbocycles. The second-order valence-corrected chi connectivity index (χ2v) is 36.8. The summed E-state index contributed by atoms with van der Waals surface area (Å²) >= 11 is 0. The zero-order valence-electron chi connectivity index (χ0n) is 78.8. The van der Waals surface area contributed by atoms with E-state index in [4.69, 9.17) is 44.3 Å². The largest absolute Gasteiger partial charge is 0.491 e. The maximum absolute atomic E-state index is 12.9. The minimum Gasteiger partial charge on any atom is -0.491 e. The number of hydrogen-bond acceptors (Lipinski definition) is 15. The van der Waals surface area contributed by atoms with E-state index in [1.165, 1.54) is 132 Å². The van der Waals surface area contributed by atoms with Crippen LogP contribution < -0.4 is 35.7 Å². The van der Waals surface area contributed by atoms with Gasteiger partial charge in [-0.1, -0.05) is 109 Å². The molecule has 0 aromatic heterocycles. The number of anilines is 2. The van der Waals surface area contributed by atoms with Gasteiger partial charge in [-0.05, 0) is 347 Å². The van der Waals surface area contributed by atoms with E-state index in [2.05, 4.69) is 219 Å². The molecule has 1 unspecified atom stereocenters. The van der Waals surface area contributed by atoms with Crippen molar-refractivity contribution in [2.45, 2.75) is 328 Å². The third kappa shape index (κ3) is 46.4. The summed E-state index contributed by atoms with van der Waals surface area (Å²) in [4.78, 5) is 15.9. The smallest absolute Gasteiger partial charge is 0.223 e. The summed E-state index contributed by atoms with van der Waals surface area (Å²) < 4.78 is 70.1. The van der Waals surface area contributed by atoms with Crippen LogP contribution in [-0.2, 0) is 54.5 Å². The van der Waals surface area contributed by atoms with Gasteiger partial charge >= 0.3 is 0 Å². The van der Waals surface area contributed by atoms with Crippen LogP contribution in [-0.4, -0.2) is 154 Å². The lowest BCUT2D eigenvalue weighted by atomic mass is 9.86. The van der Waals surface area contributed by atoms with Crippen molar-refractivity contribution in [3.63, 3.8) is 0 Å². The van der Waals surface area contributed by atoms with Crippen molar-refractivity contribution >= 4 is 11.4 Å². The number of likely N-dealkylation sites (tertiary alicyclic amines) is 1. The fourth-order valence-corrected chi connectivity index (χ4v) is 13.2. The number of fused-ring (bicyclic) bond motifs is 3. The first-order chi connectivity index (χ1) is 56.9. The SMILES string of the molecule is C#Cc1ccc(COC(C)C)cc1.CC(C)(C)N1CCCC1.CC(C)(C)OCCC1CCNCC1.CC(C)N1CCCc2ccccc21.CC(C)Nc1c(F)cccc1F.CC(C)OC1CC=CC1.CC(C)OCC1CCC1.CC(C)OCC1OCc2ccccc2O1.CC(C)Oc1ccc2c(c1)=NCN=2.CN(CCc1ccccc1)C(C)(C)C. The molecular formula is C103H161F2N7O8. The summed E-state index contributed by atoms with van der Waals surface area (Å²) in [5, 5.41) is 7.98. The average molecular weight is 1660 g/mol. The van der Waals surface area contributed by atoms with Gasteiger partial charge in [-0.3, -0.25) is 14.9 Å². The van der Waals surface area contributed by atoms with Gasteiger partial charge in [0.25, 0.3) is 0 Å². The predicted octanol–water partition coefficient (Wildman–Crippen LogP) is 22.6. The van der Waals surface area contributed by atoms with E-state index < -0.39 is 11.6 Å². The van der Waals surface area contributed by atoms with Crippen molar-refractivity contribution in [1.82, 2.24) is 15.1 Å². The second-order valence-electron chi connectivity index (χ2n) is 36.8.